The third-order valence-electron chi connectivity index (χ3n) is 3.05. The molecule has 0 bridgehead atoms. The van der Waals surface area contributed by atoms with E-state index in [4.69, 9.17) is 4.74 Å². The molecular formula is C15H22N2O. The highest BCUT2D eigenvalue weighted by atomic mass is 16.5. The highest BCUT2D eigenvalue weighted by Crippen LogP contribution is 2.26. The van der Waals surface area contributed by atoms with E-state index in [2.05, 4.69) is 11.4 Å². The summed E-state index contributed by atoms with van der Waals surface area (Å²) in [5.41, 5.74) is 1.18. The van der Waals surface area contributed by atoms with Gasteiger partial charge in [0.15, 0.2) is 0 Å². The standard InChI is InChI=1S/C15H22N2O/c1-12-6-8-13(9-7-12)17-15(4,11-16)10-14(2,3)18-5/h6-9,17H,10H2,1-5H3. The molecule has 98 valence electrons. The van der Waals surface area contributed by atoms with E-state index in [-0.39, 0.29) is 5.60 Å². The Labute approximate surface area is 110 Å². The molecule has 1 unspecified atom stereocenters. The average molecular weight is 246 g/mol. The third-order valence-corrected chi connectivity index (χ3v) is 3.05. The molecule has 1 atom stereocenters. The van der Waals surface area contributed by atoms with Gasteiger partial charge in [0.05, 0.1) is 11.7 Å². The number of hydrogen-bond donors (Lipinski definition) is 1. The summed E-state index contributed by atoms with van der Waals surface area (Å²) in [5.74, 6) is 0. The molecule has 3 heteroatoms. The number of ether oxygens (including phenoxy) is 1. The normalized spacial score (nSPS) is 14.7. The van der Waals surface area contributed by atoms with E-state index in [0.717, 1.165) is 5.69 Å². The van der Waals surface area contributed by atoms with Gasteiger partial charge in [0.1, 0.15) is 5.54 Å². The van der Waals surface area contributed by atoms with Crippen LogP contribution in [0.4, 0.5) is 5.69 Å². The Morgan fingerprint density at radius 3 is 2.22 bits per heavy atom. The molecule has 0 heterocycles. The number of methoxy groups -OCH3 is 1. The SMILES string of the molecule is COC(C)(C)CC(C)(C#N)Nc1ccc(C)cc1. The zero-order valence-corrected chi connectivity index (χ0v) is 11.9. The fraction of sp³-hybridized carbons (Fsp3) is 0.533. The third kappa shape index (κ3) is 4.05. The number of nitrogens with zero attached hydrogens (tertiary/aromatic N) is 1. The Morgan fingerprint density at radius 1 is 1.22 bits per heavy atom. The highest BCUT2D eigenvalue weighted by Gasteiger charge is 2.32. The van der Waals surface area contributed by atoms with Crippen molar-refractivity contribution in [1.29, 1.82) is 5.26 Å². The molecule has 0 saturated carbocycles. The summed E-state index contributed by atoms with van der Waals surface area (Å²) in [7, 11) is 1.67. The summed E-state index contributed by atoms with van der Waals surface area (Å²) in [6.45, 7) is 7.91. The summed E-state index contributed by atoms with van der Waals surface area (Å²) in [5, 5.41) is 12.7. The smallest absolute Gasteiger partial charge is 0.125 e. The van der Waals surface area contributed by atoms with Crippen molar-refractivity contribution in [3.63, 3.8) is 0 Å². The molecule has 0 saturated heterocycles. The predicted octanol–water partition coefficient (Wildman–Crippen LogP) is 3.50. The maximum atomic E-state index is 9.39. The monoisotopic (exact) mass is 246 g/mol. The molecule has 0 aliphatic rings. The van der Waals surface area contributed by atoms with Gasteiger partial charge >= 0.3 is 0 Å². The van der Waals surface area contributed by atoms with E-state index in [1.807, 2.05) is 52.0 Å². The van der Waals surface area contributed by atoms with Crippen LogP contribution in [0.1, 0.15) is 32.8 Å². The van der Waals surface area contributed by atoms with Crippen molar-refractivity contribution in [1.82, 2.24) is 0 Å². The van der Waals surface area contributed by atoms with E-state index < -0.39 is 5.54 Å². The van der Waals surface area contributed by atoms with Gasteiger partial charge in [-0.1, -0.05) is 17.7 Å². The van der Waals surface area contributed by atoms with Gasteiger partial charge in [-0.25, -0.2) is 0 Å². The van der Waals surface area contributed by atoms with Crippen molar-refractivity contribution in [2.24, 2.45) is 0 Å². The molecule has 18 heavy (non-hydrogen) atoms. The molecule has 0 amide bonds. The van der Waals surface area contributed by atoms with Crippen LogP contribution in [-0.2, 0) is 4.74 Å². The van der Waals surface area contributed by atoms with E-state index in [1.54, 1.807) is 7.11 Å². The molecule has 1 aromatic rings. The lowest BCUT2D eigenvalue weighted by molar-refractivity contribution is 0.00725. The predicted molar refractivity (Wildman–Crippen MR) is 74.5 cm³/mol. The first-order valence-corrected chi connectivity index (χ1v) is 6.11. The van der Waals surface area contributed by atoms with Gasteiger partial charge in [-0.15, -0.1) is 0 Å². The molecule has 1 aromatic carbocycles. The summed E-state index contributed by atoms with van der Waals surface area (Å²) in [6.07, 6.45) is 0.612. The molecule has 0 radical (unpaired) electrons. The molecule has 0 aromatic heterocycles. The van der Waals surface area contributed by atoms with Crippen LogP contribution in [0.3, 0.4) is 0 Å². The van der Waals surface area contributed by atoms with Gasteiger partial charge in [0.25, 0.3) is 0 Å². The number of anilines is 1. The van der Waals surface area contributed by atoms with Crippen LogP contribution >= 0.6 is 0 Å². The molecule has 3 nitrogen and oxygen atoms in total. The first-order valence-electron chi connectivity index (χ1n) is 6.11. The van der Waals surface area contributed by atoms with Gasteiger partial charge in [-0.05, 0) is 39.8 Å². The Morgan fingerprint density at radius 2 is 1.78 bits per heavy atom. The van der Waals surface area contributed by atoms with E-state index in [9.17, 15) is 5.26 Å². The summed E-state index contributed by atoms with van der Waals surface area (Å²) < 4.78 is 5.40. The first kappa shape index (κ1) is 14.5. The fourth-order valence-electron chi connectivity index (χ4n) is 1.99. The summed E-state index contributed by atoms with van der Waals surface area (Å²) in [6, 6.07) is 10.4. The van der Waals surface area contributed by atoms with Gasteiger partial charge in [-0.2, -0.15) is 5.26 Å². The topological polar surface area (TPSA) is 45.0 Å². The lowest BCUT2D eigenvalue weighted by atomic mass is 9.88. The lowest BCUT2D eigenvalue weighted by Gasteiger charge is -2.33. The van der Waals surface area contributed by atoms with Crippen LogP contribution in [0.15, 0.2) is 24.3 Å². The van der Waals surface area contributed by atoms with Crippen molar-refractivity contribution in [2.45, 2.75) is 45.3 Å². The van der Waals surface area contributed by atoms with Crippen molar-refractivity contribution in [3.8, 4) is 6.07 Å². The largest absolute Gasteiger partial charge is 0.379 e. The number of benzene rings is 1. The highest BCUT2D eigenvalue weighted by molar-refractivity contribution is 5.48. The average Bonchev–Trinajstić information content (AvgIpc) is 2.32. The molecule has 0 aliphatic heterocycles. The number of rotatable bonds is 5. The minimum Gasteiger partial charge on any atom is -0.379 e. The van der Waals surface area contributed by atoms with E-state index in [1.165, 1.54) is 5.56 Å². The van der Waals surface area contributed by atoms with Crippen LogP contribution in [0.5, 0.6) is 0 Å². The first-order chi connectivity index (χ1) is 8.30. The van der Waals surface area contributed by atoms with Crippen LogP contribution < -0.4 is 5.32 Å². The van der Waals surface area contributed by atoms with Crippen LogP contribution in [0.2, 0.25) is 0 Å². The van der Waals surface area contributed by atoms with Crippen LogP contribution in [0.25, 0.3) is 0 Å². The summed E-state index contributed by atoms with van der Waals surface area (Å²) in [4.78, 5) is 0. The second-order valence-electron chi connectivity index (χ2n) is 5.58. The Hall–Kier alpha value is -1.53. The minimum absolute atomic E-state index is 0.331. The van der Waals surface area contributed by atoms with Crippen molar-refractivity contribution in [3.05, 3.63) is 29.8 Å². The maximum absolute atomic E-state index is 9.39. The second-order valence-corrected chi connectivity index (χ2v) is 5.58. The molecule has 0 fully saturated rings. The van der Waals surface area contributed by atoms with Crippen molar-refractivity contribution < 1.29 is 4.74 Å². The molecule has 1 N–H and O–H groups in total. The molecule has 1 rings (SSSR count). The maximum Gasteiger partial charge on any atom is 0.125 e. The Kier molecular flexibility index (Phi) is 4.37. The fourth-order valence-corrected chi connectivity index (χ4v) is 1.99. The number of nitrogens with one attached hydrogen (secondary N) is 1. The number of nitriles is 1. The number of aryl methyl sites for hydroxylation is 1. The molecule has 0 aliphatic carbocycles. The van der Waals surface area contributed by atoms with Gasteiger partial charge < -0.3 is 10.1 Å². The van der Waals surface area contributed by atoms with E-state index >= 15 is 0 Å². The van der Waals surface area contributed by atoms with Crippen LogP contribution in [0, 0.1) is 18.3 Å². The van der Waals surface area contributed by atoms with Crippen molar-refractivity contribution in [2.75, 3.05) is 12.4 Å². The van der Waals surface area contributed by atoms with E-state index in [0.29, 0.717) is 6.42 Å². The zero-order chi connectivity index (χ0) is 13.8. The van der Waals surface area contributed by atoms with Crippen LogP contribution in [-0.4, -0.2) is 18.2 Å². The zero-order valence-electron chi connectivity index (χ0n) is 11.9. The van der Waals surface area contributed by atoms with Gasteiger partial charge in [0.2, 0.25) is 0 Å². The Balaban J connectivity index is 2.83. The van der Waals surface area contributed by atoms with Crippen molar-refractivity contribution >= 4 is 5.69 Å². The second kappa shape index (κ2) is 5.41. The minimum atomic E-state index is -0.644. The van der Waals surface area contributed by atoms with Gasteiger partial charge in [-0.3, -0.25) is 0 Å². The summed E-state index contributed by atoms with van der Waals surface area (Å²) >= 11 is 0. The quantitative estimate of drug-likeness (QED) is 0.864. The van der Waals surface area contributed by atoms with Gasteiger partial charge in [0, 0.05) is 19.2 Å². The Bertz CT molecular complexity index is 431. The number of hydrogen-bond acceptors (Lipinski definition) is 3. The molecular weight excluding hydrogens is 224 g/mol. The lowest BCUT2D eigenvalue weighted by Crippen LogP contribution is -2.41. The molecule has 0 spiro atoms.